The minimum Gasteiger partial charge on any atom is -0.345 e. The monoisotopic (exact) mass is 418 g/mol. The van der Waals surface area contributed by atoms with E-state index < -0.39 is 0 Å². The Morgan fingerprint density at radius 1 is 1.10 bits per heavy atom. The second kappa shape index (κ2) is 8.79. The summed E-state index contributed by atoms with van der Waals surface area (Å²) in [6.45, 7) is 6.51. The van der Waals surface area contributed by atoms with E-state index in [1.807, 2.05) is 23.6 Å². The Hall–Kier alpha value is -2.99. The molecule has 2 unspecified atom stereocenters. The summed E-state index contributed by atoms with van der Waals surface area (Å²) in [6, 6.07) is 14.5. The molecule has 4 aromatic rings. The van der Waals surface area contributed by atoms with E-state index in [-0.39, 0.29) is 11.9 Å². The molecule has 0 saturated heterocycles. The van der Waals surface area contributed by atoms with Gasteiger partial charge in [-0.15, -0.1) is 11.3 Å². The van der Waals surface area contributed by atoms with Crippen LogP contribution in [0, 0.1) is 0 Å². The van der Waals surface area contributed by atoms with Gasteiger partial charge in [0.2, 0.25) is 0 Å². The standard InChI is InChI=1S/C24H26N4OS/c1-4-16(3)17-8-10-18(11-9-17)20(5-2)27-24(29)19-15-26-28-21(12-13-25-23(19)28)22-7-6-14-30-22/h6-16,20H,4-5H2,1-3H3,(H,27,29). The number of benzene rings is 1. The molecule has 154 valence electrons. The number of aromatic nitrogens is 3. The summed E-state index contributed by atoms with van der Waals surface area (Å²) < 4.78 is 1.74. The lowest BCUT2D eigenvalue weighted by molar-refractivity contribution is 0.0937. The van der Waals surface area contributed by atoms with Crippen LogP contribution in [0.5, 0.6) is 0 Å². The number of nitrogens with one attached hydrogen (secondary N) is 1. The summed E-state index contributed by atoms with van der Waals surface area (Å²) in [6.07, 6.45) is 5.26. The lowest BCUT2D eigenvalue weighted by atomic mass is 9.95. The van der Waals surface area contributed by atoms with Crippen molar-refractivity contribution in [1.29, 1.82) is 0 Å². The number of hydrogen-bond donors (Lipinski definition) is 1. The Balaban J connectivity index is 1.58. The third kappa shape index (κ3) is 3.87. The predicted molar refractivity (Wildman–Crippen MR) is 122 cm³/mol. The molecule has 0 spiro atoms. The molecule has 0 aliphatic heterocycles. The Kier molecular flexibility index (Phi) is 5.95. The Morgan fingerprint density at radius 3 is 2.53 bits per heavy atom. The smallest absolute Gasteiger partial charge is 0.257 e. The highest BCUT2D eigenvalue weighted by molar-refractivity contribution is 7.13. The normalized spacial score (nSPS) is 13.3. The van der Waals surface area contributed by atoms with Gasteiger partial charge in [-0.3, -0.25) is 4.79 Å². The highest BCUT2D eigenvalue weighted by Crippen LogP contribution is 2.26. The van der Waals surface area contributed by atoms with E-state index >= 15 is 0 Å². The van der Waals surface area contributed by atoms with Crippen LogP contribution in [-0.4, -0.2) is 20.5 Å². The molecule has 0 bridgehead atoms. The first-order chi connectivity index (χ1) is 14.6. The highest BCUT2D eigenvalue weighted by atomic mass is 32.1. The molecule has 1 N–H and O–H groups in total. The summed E-state index contributed by atoms with van der Waals surface area (Å²) >= 11 is 1.64. The molecular formula is C24H26N4OS. The van der Waals surface area contributed by atoms with E-state index in [0.29, 0.717) is 17.1 Å². The van der Waals surface area contributed by atoms with E-state index in [1.54, 1.807) is 28.2 Å². The lowest BCUT2D eigenvalue weighted by Gasteiger charge is -2.18. The Bertz CT molecular complexity index is 1130. The number of thiophene rings is 1. The number of hydrogen-bond acceptors (Lipinski definition) is 4. The fraction of sp³-hybridized carbons (Fsp3) is 0.292. The Morgan fingerprint density at radius 2 is 1.87 bits per heavy atom. The summed E-state index contributed by atoms with van der Waals surface area (Å²) in [7, 11) is 0. The number of carbonyl (C=O) groups is 1. The first-order valence-electron chi connectivity index (χ1n) is 10.4. The third-order valence-corrected chi connectivity index (χ3v) is 6.55. The minimum absolute atomic E-state index is 0.0566. The van der Waals surface area contributed by atoms with Crippen LogP contribution in [0.4, 0.5) is 0 Å². The second-order valence-electron chi connectivity index (χ2n) is 7.51. The molecule has 4 rings (SSSR count). The van der Waals surface area contributed by atoms with Gasteiger partial charge < -0.3 is 5.32 Å². The quantitative estimate of drug-likeness (QED) is 0.409. The van der Waals surface area contributed by atoms with Crippen molar-refractivity contribution in [2.45, 2.75) is 45.6 Å². The lowest BCUT2D eigenvalue weighted by Crippen LogP contribution is -2.28. The van der Waals surface area contributed by atoms with Crippen LogP contribution < -0.4 is 5.32 Å². The molecule has 0 radical (unpaired) electrons. The van der Waals surface area contributed by atoms with Crippen molar-refractivity contribution in [2.75, 3.05) is 0 Å². The summed E-state index contributed by atoms with van der Waals surface area (Å²) in [4.78, 5) is 18.6. The molecule has 1 aromatic carbocycles. The van der Waals surface area contributed by atoms with Crippen molar-refractivity contribution < 1.29 is 4.79 Å². The predicted octanol–water partition coefficient (Wildman–Crippen LogP) is 5.85. The van der Waals surface area contributed by atoms with Gasteiger partial charge in [0.25, 0.3) is 5.91 Å². The second-order valence-corrected chi connectivity index (χ2v) is 8.46. The molecule has 30 heavy (non-hydrogen) atoms. The van der Waals surface area contributed by atoms with Gasteiger partial charge in [-0.05, 0) is 47.4 Å². The first-order valence-corrected chi connectivity index (χ1v) is 11.3. The summed E-state index contributed by atoms with van der Waals surface area (Å²) in [5.41, 5.74) is 4.43. The number of fused-ring (bicyclic) bond motifs is 1. The van der Waals surface area contributed by atoms with Crippen molar-refractivity contribution >= 4 is 22.9 Å². The topological polar surface area (TPSA) is 59.3 Å². The van der Waals surface area contributed by atoms with E-state index in [4.69, 9.17) is 0 Å². The van der Waals surface area contributed by atoms with E-state index in [1.165, 1.54) is 5.56 Å². The highest BCUT2D eigenvalue weighted by Gasteiger charge is 2.20. The molecule has 3 aromatic heterocycles. The molecule has 0 fully saturated rings. The van der Waals surface area contributed by atoms with Gasteiger partial charge >= 0.3 is 0 Å². The van der Waals surface area contributed by atoms with Crippen LogP contribution in [-0.2, 0) is 0 Å². The third-order valence-electron chi connectivity index (χ3n) is 5.65. The summed E-state index contributed by atoms with van der Waals surface area (Å²) in [5.74, 6) is 0.384. The van der Waals surface area contributed by atoms with Crippen LogP contribution in [0.15, 0.2) is 60.2 Å². The van der Waals surface area contributed by atoms with Crippen LogP contribution in [0.2, 0.25) is 0 Å². The van der Waals surface area contributed by atoms with Gasteiger partial charge in [0, 0.05) is 6.20 Å². The van der Waals surface area contributed by atoms with Crippen LogP contribution in [0.1, 0.15) is 67.1 Å². The zero-order chi connectivity index (χ0) is 21.1. The van der Waals surface area contributed by atoms with Crippen molar-refractivity contribution in [2.24, 2.45) is 0 Å². The van der Waals surface area contributed by atoms with Gasteiger partial charge in [0.15, 0.2) is 5.65 Å². The maximum atomic E-state index is 13.1. The number of nitrogens with zero attached hydrogens (tertiary/aromatic N) is 3. The van der Waals surface area contributed by atoms with E-state index in [0.717, 1.165) is 29.0 Å². The molecule has 0 aliphatic carbocycles. The largest absolute Gasteiger partial charge is 0.345 e. The maximum absolute atomic E-state index is 13.1. The minimum atomic E-state index is -0.154. The van der Waals surface area contributed by atoms with Crippen molar-refractivity contribution in [3.8, 4) is 10.6 Å². The number of rotatable bonds is 7. The van der Waals surface area contributed by atoms with Crippen LogP contribution in [0.3, 0.4) is 0 Å². The van der Waals surface area contributed by atoms with Crippen LogP contribution >= 0.6 is 11.3 Å². The molecular weight excluding hydrogens is 392 g/mol. The van der Waals surface area contributed by atoms with Gasteiger partial charge in [-0.25, -0.2) is 9.50 Å². The van der Waals surface area contributed by atoms with Gasteiger partial charge in [0.05, 0.1) is 22.8 Å². The average molecular weight is 419 g/mol. The van der Waals surface area contributed by atoms with E-state index in [2.05, 4.69) is 60.4 Å². The first kappa shape index (κ1) is 20.3. The van der Waals surface area contributed by atoms with Crippen LogP contribution in [0.25, 0.3) is 16.2 Å². The number of amides is 1. The van der Waals surface area contributed by atoms with Crippen molar-refractivity contribution in [3.63, 3.8) is 0 Å². The van der Waals surface area contributed by atoms with E-state index in [9.17, 15) is 4.79 Å². The van der Waals surface area contributed by atoms with Gasteiger partial charge in [-0.2, -0.15) is 5.10 Å². The molecule has 0 saturated carbocycles. The zero-order valence-electron chi connectivity index (χ0n) is 17.5. The number of carbonyl (C=O) groups excluding carboxylic acids is 1. The molecule has 2 atom stereocenters. The van der Waals surface area contributed by atoms with Crippen molar-refractivity contribution in [1.82, 2.24) is 19.9 Å². The fourth-order valence-corrected chi connectivity index (χ4v) is 4.35. The molecule has 0 aliphatic rings. The molecule has 3 heterocycles. The van der Waals surface area contributed by atoms with Crippen molar-refractivity contribution in [3.05, 3.63) is 76.9 Å². The van der Waals surface area contributed by atoms with Gasteiger partial charge in [-0.1, -0.05) is 51.1 Å². The zero-order valence-corrected chi connectivity index (χ0v) is 18.3. The molecule has 5 nitrogen and oxygen atoms in total. The van der Waals surface area contributed by atoms with Gasteiger partial charge in [0.1, 0.15) is 5.56 Å². The fourth-order valence-electron chi connectivity index (χ4n) is 3.61. The summed E-state index contributed by atoms with van der Waals surface area (Å²) in [5, 5.41) is 9.63. The SMILES string of the molecule is CCC(C)c1ccc(C(CC)NC(=O)c2cnn3c(-c4cccs4)ccnc23)cc1. The Labute approximate surface area is 180 Å². The molecule has 6 heteroatoms. The maximum Gasteiger partial charge on any atom is 0.257 e. The average Bonchev–Trinajstić information content (AvgIpc) is 3.47. The molecule has 1 amide bonds.